The number of nitrogens with two attached hydrogens (primary N) is 1. The SMILES string of the molecule is C=C(C)C(=O)OCC(COC(=O)C(=C)CN)c1ccc(OCc2ccc(C3CCC(CCCCC)CC3)cc2)cc1. The van der Waals surface area contributed by atoms with Crippen LogP contribution in [0.5, 0.6) is 5.75 Å². The Morgan fingerprint density at radius 1 is 0.902 bits per heavy atom. The number of ether oxygens (including phenoxy) is 3. The summed E-state index contributed by atoms with van der Waals surface area (Å²) in [6, 6.07) is 16.4. The quantitative estimate of drug-likeness (QED) is 0.131. The lowest BCUT2D eigenvalue weighted by molar-refractivity contribution is -0.142. The van der Waals surface area contributed by atoms with E-state index in [9.17, 15) is 9.59 Å². The van der Waals surface area contributed by atoms with Gasteiger partial charge in [0.05, 0.1) is 5.92 Å². The lowest BCUT2D eigenvalue weighted by Gasteiger charge is -2.29. The molecule has 0 aromatic heterocycles. The smallest absolute Gasteiger partial charge is 0.334 e. The van der Waals surface area contributed by atoms with E-state index >= 15 is 0 Å². The predicted molar refractivity (Wildman–Crippen MR) is 164 cm³/mol. The first kappa shape index (κ1) is 32.1. The second-order valence-corrected chi connectivity index (χ2v) is 11.3. The highest BCUT2D eigenvalue weighted by Gasteiger charge is 2.22. The number of hydrogen-bond donors (Lipinski definition) is 1. The number of rotatable bonds is 16. The maximum Gasteiger partial charge on any atom is 0.334 e. The summed E-state index contributed by atoms with van der Waals surface area (Å²) in [5.41, 5.74) is 9.39. The fourth-order valence-electron chi connectivity index (χ4n) is 5.26. The molecule has 0 spiro atoms. The number of benzene rings is 2. The van der Waals surface area contributed by atoms with Crippen molar-refractivity contribution in [3.63, 3.8) is 0 Å². The largest absolute Gasteiger partial charge is 0.489 e. The van der Waals surface area contributed by atoms with Gasteiger partial charge in [0, 0.05) is 17.7 Å². The van der Waals surface area contributed by atoms with Crippen LogP contribution in [0.25, 0.3) is 0 Å². The van der Waals surface area contributed by atoms with Crippen LogP contribution in [0.15, 0.2) is 72.8 Å². The molecule has 1 aliphatic carbocycles. The van der Waals surface area contributed by atoms with Gasteiger partial charge in [-0.1, -0.05) is 82.2 Å². The standard InChI is InChI=1S/C35H47NO5/c1-5-6-7-8-27-9-13-29(14-10-27)30-15-11-28(12-16-30)22-39-33-19-17-31(18-20-33)32(23-40-34(37)25(2)3)24-41-35(38)26(4)21-36/h11-12,15-20,27,29,32H,2,4-10,13-14,21-24,36H2,1,3H3. The van der Waals surface area contributed by atoms with E-state index < -0.39 is 11.9 Å². The molecule has 1 unspecified atom stereocenters. The van der Waals surface area contributed by atoms with Crippen LogP contribution in [0.3, 0.4) is 0 Å². The van der Waals surface area contributed by atoms with E-state index in [0.717, 1.165) is 22.8 Å². The highest BCUT2D eigenvalue weighted by molar-refractivity contribution is 5.88. The van der Waals surface area contributed by atoms with E-state index in [-0.39, 0.29) is 31.2 Å². The number of carbonyl (C=O) groups is 2. The van der Waals surface area contributed by atoms with Gasteiger partial charge in [-0.15, -0.1) is 0 Å². The summed E-state index contributed by atoms with van der Waals surface area (Å²) in [6.45, 7) is 11.6. The van der Waals surface area contributed by atoms with Gasteiger partial charge >= 0.3 is 11.9 Å². The van der Waals surface area contributed by atoms with E-state index in [0.29, 0.717) is 18.1 Å². The third kappa shape index (κ3) is 10.5. The summed E-state index contributed by atoms with van der Waals surface area (Å²) in [4.78, 5) is 24.0. The Morgan fingerprint density at radius 2 is 1.54 bits per heavy atom. The van der Waals surface area contributed by atoms with Crippen molar-refractivity contribution in [2.75, 3.05) is 19.8 Å². The Morgan fingerprint density at radius 3 is 2.12 bits per heavy atom. The maximum atomic E-state index is 12.1. The highest BCUT2D eigenvalue weighted by Crippen LogP contribution is 2.37. The second kappa shape index (κ2) is 16.8. The molecule has 2 aromatic rings. The first-order valence-electron chi connectivity index (χ1n) is 15.0. The summed E-state index contributed by atoms with van der Waals surface area (Å²) in [5, 5.41) is 0. The number of hydrogen-bond acceptors (Lipinski definition) is 6. The lowest BCUT2D eigenvalue weighted by atomic mass is 9.77. The van der Waals surface area contributed by atoms with E-state index in [2.05, 4.69) is 44.3 Å². The number of carbonyl (C=O) groups excluding carboxylic acids is 2. The van der Waals surface area contributed by atoms with Gasteiger partial charge in [-0.05, 0) is 73.3 Å². The van der Waals surface area contributed by atoms with Gasteiger partial charge in [0.25, 0.3) is 0 Å². The Labute approximate surface area is 246 Å². The van der Waals surface area contributed by atoms with Crippen LogP contribution in [-0.4, -0.2) is 31.7 Å². The Hall–Kier alpha value is -3.38. The van der Waals surface area contributed by atoms with Gasteiger partial charge in [0.1, 0.15) is 25.6 Å². The molecule has 0 aliphatic heterocycles. The molecular weight excluding hydrogens is 514 g/mol. The van der Waals surface area contributed by atoms with Gasteiger partial charge in [-0.25, -0.2) is 9.59 Å². The predicted octanol–water partition coefficient (Wildman–Crippen LogP) is 7.38. The third-order valence-electron chi connectivity index (χ3n) is 7.99. The summed E-state index contributed by atoms with van der Waals surface area (Å²) in [6.07, 6.45) is 10.8. The van der Waals surface area contributed by atoms with Gasteiger partial charge in [-0.2, -0.15) is 0 Å². The van der Waals surface area contributed by atoms with Crippen molar-refractivity contribution in [1.82, 2.24) is 0 Å². The van der Waals surface area contributed by atoms with Gasteiger partial charge in [0.2, 0.25) is 0 Å². The number of esters is 2. The van der Waals surface area contributed by atoms with Gasteiger partial charge in [-0.3, -0.25) is 0 Å². The first-order valence-corrected chi connectivity index (χ1v) is 15.0. The van der Waals surface area contributed by atoms with Crippen molar-refractivity contribution < 1.29 is 23.8 Å². The van der Waals surface area contributed by atoms with Crippen LogP contribution in [0.2, 0.25) is 0 Å². The molecule has 6 heteroatoms. The average molecular weight is 562 g/mol. The molecule has 1 atom stereocenters. The topological polar surface area (TPSA) is 87.9 Å². The molecule has 2 aromatic carbocycles. The van der Waals surface area contributed by atoms with Crippen LogP contribution < -0.4 is 10.5 Å². The molecule has 1 aliphatic rings. The lowest BCUT2D eigenvalue weighted by Crippen LogP contribution is -2.22. The molecule has 6 nitrogen and oxygen atoms in total. The Bertz CT molecular complexity index is 1130. The van der Waals surface area contributed by atoms with Crippen LogP contribution in [-0.2, 0) is 25.7 Å². The Kier molecular flexibility index (Phi) is 13.2. The van der Waals surface area contributed by atoms with Crippen molar-refractivity contribution in [3.8, 4) is 5.75 Å². The van der Waals surface area contributed by atoms with Crippen molar-refractivity contribution in [2.45, 2.75) is 83.7 Å². The molecule has 0 heterocycles. The van der Waals surface area contributed by atoms with Crippen molar-refractivity contribution in [1.29, 1.82) is 0 Å². The molecule has 41 heavy (non-hydrogen) atoms. The fourth-order valence-corrected chi connectivity index (χ4v) is 5.26. The molecule has 1 saturated carbocycles. The molecule has 2 N–H and O–H groups in total. The van der Waals surface area contributed by atoms with Crippen LogP contribution in [0.1, 0.15) is 93.7 Å². The molecule has 0 bridgehead atoms. The Balaban J connectivity index is 1.52. The fraction of sp³-hybridized carbons (Fsp3) is 0.486. The van der Waals surface area contributed by atoms with E-state index in [1.54, 1.807) is 6.92 Å². The van der Waals surface area contributed by atoms with Crippen molar-refractivity contribution in [2.24, 2.45) is 11.7 Å². The molecule has 0 radical (unpaired) electrons. The molecule has 1 fully saturated rings. The summed E-state index contributed by atoms with van der Waals surface area (Å²) < 4.78 is 16.7. The van der Waals surface area contributed by atoms with Crippen LogP contribution in [0.4, 0.5) is 0 Å². The zero-order chi connectivity index (χ0) is 29.6. The van der Waals surface area contributed by atoms with E-state index in [1.807, 2.05) is 24.3 Å². The molecule has 0 amide bonds. The third-order valence-corrected chi connectivity index (χ3v) is 7.99. The first-order chi connectivity index (χ1) is 19.8. The summed E-state index contributed by atoms with van der Waals surface area (Å²) in [5.74, 6) is 0.907. The van der Waals surface area contributed by atoms with Crippen LogP contribution >= 0.6 is 0 Å². The van der Waals surface area contributed by atoms with Crippen molar-refractivity contribution >= 4 is 11.9 Å². The minimum absolute atomic E-state index is 0.0170. The normalized spacial score (nSPS) is 17.3. The second-order valence-electron chi connectivity index (χ2n) is 11.3. The van der Waals surface area contributed by atoms with Crippen LogP contribution in [0, 0.1) is 5.92 Å². The van der Waals surface area contributed by atoms with E-state index in [1.165, 1.54) is 56.9 Å². The number of unbranched alkanes of at least 4 members (excludes halogenated alkanes) is 2. The van der Waals surface area contributed by atoms with Gasteiger partial charge in [0.15, 0.2) is 0 Å². The summed E-state index contributed by atoms with van der Waals surface area (Å²) >= 11 is 0. The summed E-state index contributed by atoms with van der Waals surface area (Å²) in [7, 11) is 0. The highest BCUT2D eigenvalue weighted by atomic mass is 16.5. The minimum Gasteiger partial charge on any atom is -0.489 e. The maximum absolute atomic E-state index is 12.1. The molecular formula is C35H47NO5. The average Bonchev–Trinajstić information content (AvgIpc) is 3.00. The van der Waals surface area contributed by atoms with Crippen molar-refractivity contribution in [3.05, 3.63) is 89.5 Å². The monoisotopic (exact) mass is 561 g/mol. The zero-order valence-electron chi connectivity index (χ0n) is 24.9. The minimum atomic E-state index is -0.565. The molecule has 3 rings (SSSR count). The molecule has 0 saturated heterocycles. The van der Waals surface area contributed by atoms with E-state index in [4.69, 9.17) is 19.9 Å². The van der Waals surface area contributed by atoms with Gasteiger partial charge < -0.3 is 19.9 Å². The zero-order valence-corrected chi connectivity index (χ0v) is 24.9. The molecule has 222 valence electrons.